The molecule has 2 aromatic carbocycles. The number of ether oxygens (including phenoxy) is 2. The summed E-state index contributed by atoms with van der Waals surface area (Å²) < 4.78 is 11.9. The normalized spacial score (nSPS) is 18.4. The Hall–Kier alpha value is -6.12. The number of methoxy groups -OCH3 is 2. The van der Waals surface area contributed by atoms with Gasteiger partial charge in [0.15, 0.2) is 0 Å². The van der Waals surface area contributed by atoms with Gasteiger partial charge in [0.2, 0.25) is 11.8 Å². The van der Waals surface area contributed by atoms with Crippen molar-refractivity contribution >= 4 is 34.9 Å². The number of nitrogens with one attached hydrogen (secondary N) is 4. The molecule has 15 heteroatoms. The Morgan fingerprint density at radius 1 is 0.733 bits per heavy atom. The van der Waals surface area contributed by atoms with Crippen molar-refractivity contribution in [3.63, 3.8) is 0 Å². The molecule has 0 radical (unpaired) electrons. The number of rotatable bonds is 10. The maximum atomic E-state index is 13.7. The summed E-state index contributed by atoms with van der Waals surface area (Å²) in [5, 5.41) is 6.64. The van der Waals surface area contributed by atoms with Crippen molar-refractivity contribution in [2.75, 3.05) is 27.3 Å². The van der Waals surface area contributed by atoms with E-state index >= 15 is 0 Å². The zero-order valence-electron chi connectivity index (χ0n) is 35.4. The molecule has 1 aliphatic carbocycles. The first kappa shape index (κ1) is 40.7. The van der Waals surface area contributed by atoms with Gasteiger partial charge >= 0.3 is 12.2 Å². The van der Waals surface area contributed by atoms with Gasteiger partial charge in [0.25, 0.3) is 0 Å². The fraction of sp³-hybridized carbons (Fsp3) is 0.467. The van der Waals surface area contributed by atoms with Gasteiger partial charge in [-0.25, -0.2) is 19.6 Å². The standard InChI is InChI=1S/C45H55N9O6/c1-24(2)37(50-44(57)59-6)42(55)53-18-8-10-35(53)40-46-22-32(48-40)27-13-15-29-26(20-27)12-16-30-31-21-28(14-17-34(31)52(5)39(29)30)33-23-47-41(49-33)36-11-9-19-54(36)43(56)38(25(3)4)51-45(58)60-7/h13-15,17,20-25,35-38H,8-12,16,18-19H2,1-7H3,(H,46,48)(H,47,49)(H,50,57)(H,51,58)/t35-,36-,37?,38?/m0/s1. The molecule has 2 saturated heterocycles. The minimum Gasteiger partial charge on any atom is -0.453 e. The molecule has 0 saturated carbocycles. The number of H-pyrrole nitrogens is 2. The van der Waals surface area contributed by atoms with Crippen LogP contribution in [0.2, 0.25) is 0 Å². The van der Waals surface area contributed by atoms with E-state index in [2.05, 4.69) is 68.6 Å². The molecule has 4 N–H and O–H groups in total. The number of hydrogen-bond donors (Lipinski definition) is 4. The van der Waals surface area contributed by atoms with Crippen LogP contribution in [0.15, 0.2) is 48.8 Å². The molecule has 0 spiro atoms. The van der Waals surface area contributed by atoms with Crippen LogP contribution >= 0.6 is 0 Å². The van der Waals surface area contributed by atoms with Crippen molar-refractivity contribution in [2.24, 2.45) is 18.9 Å². The number of aromatic nitrogens is 5. The van der Waals surface area contributed by atoms with E-state index in [4.69, 9.17) is 19.4 Å². The summed E-state index contributed by atoms with van der Waals surface area (Å²) in [5.74, 6) is 1.00. The molecule has 3 aliphatic rings. The van der Waals surface area contributed by atoms with Crippen molar-refractivity contribution in [1.82, 2.24) is 44.9 Å². The third-order valence-corrected chi connectivity index (χ3v) is 12.6. The van der Waals surface area contributed by atoms with Gasteiger partial charge in [0.1, 0.15) is 23.7 Å². The fourth-order valence-electron chi connectivity index (χ4n) is 9.43. The van der Waals surface area contributed by atoms with E-state index in [0.717, 1.165) is 78.2 Å². The average molecular weight is 818 g/mol. The molecule has 0 bridgehead atoms. The van der Waals surface area contributed by atoms with E-state index < -0.39 is 24.3 Å². The van der Waals surface area contributed by atoms with Crippen molar-refractivity contribution < 1.29 is 28.7 Å². The molecule has 3 aromatic heterocycles. The van der Waals surface area contributed by atoms with Crippen LogP contribution in [0.25, 0.3) is 44.7 Å². The minimum absolute atomic E-state index is 0.106. The zero-order chi connectivity index (χ0) is 42.4. The van der Waals surface area contributed by atoms with Crippen LogP contribution in [-0.4, -0.2) is 97.7 Å². The minimum atomic E-state index is -0.691. The molecule has 316 valence electrons. The quantitative estimate of drug-likeness (QED) is 0.119. The van der Waals surface area contributed by atoms with Gasteiger partial charge in [-0.15, -0.1) is 0 Å². The number of benzene rings is 2. The highest BCUT2D eigenvalue weighted by molar-refractivity contribution is 5.96. The molecule has 60 heavy (non-hydrogen) atoms. The highest BCUT2D eigenvalue weighted by Crippen LogP contribution is 2.42. The first-order chi connectivity index (χ1) is 28.9. The topological polar surface area (TPSA) is 180 Å². The number of aryl methyl sites for hydroxylation is 3. The summed E-state index contributed by atoms with van der Waals surface area (Å²) in [6.07, 6.45) is 7.51. The second-order valence-corrected chi connectivity index (χ2v) is 16.9. The highest BCUT2D eigenvalue weighted by Gasteiger charge is 2.39. The first-order valence-electron chi connectivity index (χ1n) is 21.0. The summed E-state index contributed by atoms with van der Waals surface area (Å²) in [7, 11) is 4.72. The smallest absolute Gasteiger partial charge is 0.407 e. The Morgan fingerprint density at radius 2 is 1.25 bits per heavy atom. The molecule has 5 aromatic rings. The lowest BCUT2D eigenvalue weighted by Gasteiger charge is -2.30. The largest absolute Gasteiger partial charge is 0.453 e. The number of alkyl carbamates (subject to hydrolysis) is 2. The number of nitrogens with zero attached hydrogens (tertiary/aromatic N) is 5. The second kappa shape index (κ2) is 16.5. The van der Waals surface area contributed by atoms with Crippen molar-refractivity contribution in [3.8, 4) is 33.8 Å². The number of imidazole rings is 2. The number of fused-ring (bicyclic) bond motifs is 5. The predicted octanol–water partition coefficient (Wildman–Crippen LogP) is 6.81. The molecule has 15 nitrogen and oxygen atoms in total. The molecular weight excluding hydrogens is 763 g/mol. The summed E-state index contributed by atoms with van der Waals surface area (Å²) in [6.45, 7) is 8.84. The van der Waals surface area contributed by atoms with Gasteiger partial charge in [0.05, 0.1) is 55.8 Å². The summed E-state index contributed by atoms with van der Waals surface area (Å²) in [6, 6.07) is 11.3. The van der Waals surface area contributed by atoms with E-state index in [-0.39, 0.29) is 35.7 Å². The van der Waals surface area contributed by atoms with Crippen molar-refractivity contribution in [2.45, 2.75) is 90.4 Å². The highest BCUT2D eigenvalue weighted by atomic mass is 16.5. The number of amides is 4. The fourth-order valence-corrected chi connectivity index (χ4v) is 9.43. The lowest BCUT2D eigenvalue weighted by molar-refractivity contribution is -0.136. The van der Waals surface area contributed by atoms with Gasteiger partial charge in [-0.1, -0.05) is 45.9 Å². The van der Waals surface area contributed by atoms with Crippen LogP contribution in [0.5, 0.6) is 0 Å². The van der Waals surface area contributed by atoms with Crippen LogP contribution in [0.1, 0.15) is 88.2 Å². The summed E-state index contributed by atoms with van der Waals surface area (Å²) in [5.41, 5.74) is 10.0. The number of aromatic amines is 2. The Kier molecular flexibility index (Phi) is 11.2. The number of carbonyl (C=O) groups excluding carboxylic acids is 4. The number of likely N-dealkylation sites (tertiary alicyclic amines) is 2. The molecule has 2 unspecified atom stereocenters. The Bertz CT molecular complexity index is 2450. The maximum absolute atomic E-state index is 13.7. The molecule has 2 fully saturated rings. The van der Waals surface area contributed by atoms with Gasteiger partial charge in [-0.05, 0) is 85.3 Å². The molecule has 2 aliphatic heterocycles. The van der Waals surface area contributed by atoms with Crippen LogP contribution in [-0.2, 0) is 39.0 Å². The Morgan fingerprint density at radius 3 is 1.77 bits per heavy atom. The predicted molar refractivity (Wildman–Crippen MR) is 227 cm³/mol. The Labute approximate surface area is 349 Å². The number of hydrogen-bond acceptors (Lipinski definition) is 8. The van der Waals surface area contributed by atoms with Crippen LogP contribution in [0, 0.1) is 11.8 Å². The van der Waals surface area contributed by atoms with Crippen LogP contribution in [0.3, 0.4) is 0 Å². The van der Waals surface area contributed by atoms with Crippen LogP contribution < -0.4 is 10.6 Å². The van der Waals surface area contributed by atoms with Gasteiger partial charge in [0, 0.05) is 42.2 Å². The maximum Gasteiger partial charge on any atom is 0.407 e. The second-order valence-electron chi connectivity index (χ2n) is 16.9. The van der Waals surface area contributed by atoms with E-state index in [1.807, 2.05) is 49.9 Å². The van der Waals surface area contributed by atoms with Gasteiger partial charge in [-0.3, -0.25) is 9.59 Å². The lowest BCUT2D eigenvalue weighted by atomic mass is 9.87. The monoisotopic (exact) mass is 817 g/mol. The zero-order valence-corrected chi connectivity index (χ0v) is 35.4. The Balaban J connectivity index is 1.02. The van der Waals surface area contributed by atoms with Gasteiger partial charge in [-0.2, -0.15) is 0 Å². The van der Waals surface area contributed by atoms with E-state index in [1.165, 1.54) is 42.0 Å². The van der Waals surface area contributed by atoms with E-state index in [0.29, 0.717) is 13.1 Å². The third kappa shape index (κ3) is 7.38. The summed E-state index contributed by atoms with van der Waals surface area (Å²) >= 11 is 0. The van der Waals surface area contributed by atoms with Crippen molar-refractivity contribution in [3.05, 3.63) is 71.6 Å². The molecule has 4 atom stereocenters. The third-order valence-electron chi connectivity index (χ3n) is 12.6. The molecule has 5 heterocycles. The molecule has 8 rings (SSSR count). The average Bonchev–Trinajstić information content (AvgIpc) is 4.11. The molecular formula is C45H55N9O6. The van der Waals surface area contributed by atoms with E-state index in [1.54, 1.807) is 0 Å². The van der Waals surface area contributed by atoms with E-state index in [9.17, 15) is 19.2 Å². The molecule has 4 amide bonds. The van der Waals surface area contributed by atoms with Crippen molar-refractivity contribution in [1.29, 1.82) is 0 Å². The SMILES string of the molecule is COC(=O)NC(C(=O)N1CCC[C@H]1c1ncc(-c2ccc3c(c2)CCc2c-3n(C)c3ccc(-c4cnc([C@@H]5CCCN5C(=O)C(NC(=O)OC)C(C)C)[nH]4)cc23)[nH]1)C(C)C. The summed E-state index contributed by atoms with van der Waals surface area (Å²) in [4.78, 5) is 71.7. The van der Waals surface area contributed by atoms with Crippen LogP contribution in [0.4, 0.5) is 9.59 Å². The number of carbonyl (C=O) groups is 4. The first-order valence-corrected chi connectivity index (χ1v) is 21.0. The van der Waals surface area contributed by atoms with Gasteiger partial charge < -0.3 is 44.4 Å². The lowest BCUT2D eigenvalue weighted by Crippen LogP contribution is -2.51.